The third-order valence-electron chi connectivity index (χ3n) is 2.41. The van der Waals surface area contributed by atoms with E-state index in [0.29, 0.717) is 4.90 Å². The quantitative estimate of drug-likeness (QED) is 0.635. The summed E-state index contributed by atoms with van der Waals surface area (Å²) in [5.74, 6) is -1.42. The van der Waals surface area contributed by atoms with Gasteiger partial charge in [-0.3, -0.25) is 10.1 Å². The third kappa shape index (κ3) is 2.92. The first-order valence-electron chi connectivity index (χ1n) is 5.32. The molecule has 0 radical (unpaired) electrons. The molecule has 7 heteroatoms. The number of benzene rings is 2. The Morgan fingerprint density at radius 2 is 1.95 bits per heavy atom. The maximum Gasteiger partial charge on any atom is 0.287 e. The molecule has 0 aliphatic rings. The number of hydrogen-bond donors (Lipinski definition) is 0. The smallest absolute Gasteiger partial charge is 0.258 e. The molecule has 0 N–H and O–H groups in total. The van der Waals surface area contributed by atoms with E-state index in [2.05, 4.69) is 0 Å². The molecule has 2 aromatic carbocycles. The van der Waals surface area contributed by atoms with E-state index in [9.17, 15) is 18.9 Å². The first-order chi connectivity index (χ1) is 9.51. The van der Waals surface area contributed by atoms with Crippen LogP contribution < -0.4 is 0 Å². The molecule has 0 saturated heterocycles. The second kappa shape index (κ2) is 5.67. The van der Waals surface area contributed by atoms with Gasteiger partial charge in [-0.2, -0.15) is 5.26 Å². The minimum Gasteiger partial charge on any atom is -0.258 e. The molecule has 0 saturated carbocycles. The average Bonchev–Trinajstić information content (AvgIpc) is 2.41. The first-order valence-corrected chi connectivity index (χ1v) is 6.14. The molecular weight excluding hydrogens is 286 g/mol. The van der Waals surface area contributed by atoms with Crippen molar-refractivity contribution in [2.24, 2.45) is 0 Å². The molecule has 0 aromatic heterocycles. The Bertz CT molecular complexity index is 729. The Balaban J connectivity index is 2.35. The first kappa shape index (κ1) is 14.0. The van der Waals surface area contributed by atoms with Crippen LogP contribution in [0.3, 0.4) is 0 Å². The molecule has 0 aliphatic heterocycles. The molecule has 0 bridgehead atoms. The van der Waals surface area contributed by atoms with Crippen LogP contribution in [0.2, 0.25) is 0 Å². The van der Waals surface area contributed by atoms with Gasteiger partial charge < -0.3 is 0 Å². The van der Waals surface area contributed by atoms with Gasteiger partial charge in [-0.1, -0.05) is 11.8 Å². The Morgan fingerprint density at radius 1 is 1.20 bits per heavy atom. The van der Waals surface area contributed by atoms with Crippen molar-refractivity contribution in [3.63, 3.8) is 0 Å². The summed E-state index contributed by atoms with van der Waals surface area (Å²) in [4.78, 5) is 10.7. The number of nitriles is 1. The van der Waals surface area contributed by atoms with Gasteiger partial charge in [-0.05, 0) is 24.3 Å². The molecule has 0 spiro atoms. The highest BCUT2D eigenvalue weighted by Gasteiger charge is 2.15. The Hall–Kier alpha value is -2.46. The van der Waals surface area contributed by atoms with Gasteiger partial charge >= 0.3 is 0 Å². The largest absolute Gasteiger partial charge is 0.287 e. The van der Waals surface area contributed by atoms with E-state index in [-0.39, 0.29) is 16.1 Å². The molecule has 0 unspecified atom stereocenters. The lowest BCUT2D eigenvalue weighted by molar-refractivity contribution is -0.385. The van der Waals surface area contributed by atoms with Gasteiger partial charge in [0.25, 0.3) is 5.69 Å². The Labute approximate surface area is 116 Å². The van der Waals surface area contributed by atoms with E-state index in [4.69, 9.17) is 5.26 Å². The normalized spacial score (nSPS) is 10.1. The van der Waals surface area contributed by atoms with Crippen molar-refractivity contribution in [3.05, 3.63) is 63.7 Å². The molecule has 100 valence electrons. The molecule has 2 rings (SSSR count). The third-order valence-corrected chi connectivity index (χ3v) is 3.45. The maximum atomic E-state index is 13.5. The van der Waals surface area contributed by atoms with E-state index in [1.807, 2.05) is 0 Å². The van der Waals surface area contributed by atoms with E-state index in [0.717, 1.165) is 23.9 Å². The predicted octanol–water partition coefficient (Wildman–Crippen LogP) is 3.90. The lowest BCUT2D eigenvalue weighted by Crippen LogP contribution is -1.92. The van der Waals surface area contributed by atoms with Crippen molar-refractivity contribution in [2.45, 2.75) is 9.79 Å². The minimum atomic E-state index is -0.730. The summed E-state index contributed by atoms with van der Waals surface area (Å²) in [6, 6.07) is 8.74. The van der Waals surface area contributed by atoms with Gasteiger partial charge in [0.15, 0.2) is 0 Å². The fraction of sp³-hybridized carbons (Fsp3) is 0. The monoisotopic (exact) mass is 292 g/mol. The number of nitro benzene ring substituents is 1. The van der Waals surface area contributed by atoms with Crippen molar-refractivity contribution >= 4 is 17.4 Å². The van der Waals surface area contributed by atoms with Crippen molar-refractivity contribution in [2.75, 3.05) is 0 Å². The number of halogens is 2. The standard InChI is InChI=1S/C13H6F2N2O2S/c14-9-1-4-13(11(15)6-9)20-10-2-3-12(17(18)19)8(5-10)7-16/h1-6H. The highest BCUT2D eigenvalue weighted by molar-refractivity contribution is 7.99. The molecular formula is C13H6F2N2O2S. The van der Waals surface area contributed by atoms with E-state index >= 15 is 0 Å². The highest BCUT2D eigenvalue weighted by Crippen LogP contribution is 2.32. The summed E-state index contributed by atoms with van der Waals surface area (Å²) in [6.07, 6.45) is 0. The maximum absolute atomic E-state index is 13.5. The van der Waals surface area contributed by atoms with Crippen LogP contribution in [0, 0.1) is 33.1 Å². The van der Waals surface area contributed by atoms with E-state index < -0.39 is 16.6 Å². The Kier molecular flexibility index (Phi) is 3.96. The topological polar surface area (TPSA) is 66.9 Å². The lowest BCUT2D eigenvalue weighted by Gasteiger charge is -2.04. The number of rotatable bonds is 3. The zero-order valence-electron chi connectivity index (χ0n) is 9.84. The van der Waals surface area contributed by atoms with Crippen molar-refractivity contribution in [1.82, 2.24) is 0 Å². The zero-order chi connectivity index (χ0) is 14.7. The Morgan fingerprint density at radius 3 is 2.55 bits per heavy atom. The second-order valence-corrected chi connectivity index (χ2v) is 4.84. The summed E-state index contributed by atoms with van der Waals surface area (Å²) in [5.41, 5.74) is -0.418. The fourth-order valence-corrected chi connectivity index (χ4v) is 2.37. The summed E-state index contributed by atoms with van der Waals surface area (Å²) in [7, 11) is 0. The van der Waals surface area contributed by atoms with Crippen LogP contribution in [-0.4, -0.2) is 4.92 Å². The molecule has 0 amide bonds. The summed E-state index contributed by atoms with van der Waals surface area (Å²) >= 11 is 0.957. The van der Waals surface area contributed by atoms with Crippen molar-refractivity contribution < 1.29 is 13.7 Å². The van der Waals surface area contributed by atoms with Gasteiger partial charge in [0.2, 0.25) is 0 Å². The molecule has 2 aromatic rings. The summed E-state index contributed by atoms with van der Waals surface area (Å²) in [5, 5.41) is 19.5. The lowest BCUT2D eigenvalue weighted by atomic mass is 10.2. The van der Waals surface area contributed by atoms with Crippen LogP contribution in [0.1, 0.15) is 5.56 Å². The SMILES string of the molecule is N#Cc1cc(Sc2ccc(F)cc2F)ccc1[N+](=O)[O-]. The average molecular weight is 292 g/mol. The van der Waals surface area contributed by atoms with Crippen LogP contribution in [0.15, 0.2) is 46.2 Å². The van der Waals surface area contributed by atoms with Gasteiger partial charge in [-0.15, -0.1) is 0 Å². The molecule has 0 atom stereocenters. The van der Waals surface area contributed by atoms with Crippen LogP contribution in [-0.2, 0) is 0 Å². The zero-order valence-corrected chi connectivity index (χ0v) is 10.7. The van der Waals surface area contributed by atoms with Gasteiger partial charge in [0.05, 0.1) is 4.92 Å². The fourth-order valence-electron chi connectivity index (χ4n) is 1.51. The van der Waals surface area contributed by atoms with Crippen molar-refractivity contribution in [3.8, 4) is 6.07 Å². The summed E-state index contributed by atoms with van der Waals surface area (Å²) < 4.78 is 26.3. The van der Waals surface area contributed by atoms with E-state index in [1.54, 1.807) is 6.07 Å². The number of nitrogens with zero attached hydrogens (tertiary/aromatic N) is 2. The molecule has 0 fully saturated rings. The van der Waals surface area contributed by atoms with Crippen LogP contribution >= 0.6 is 11.8 Å². The van der Waals surface area contributed by atoms with Crippen molar-refractivity contribution in [1.29, 1.82) is 5.26 Å². The van der Waals surface area contributed by atoms with Gasteiger partial charge in [0, 0.05) is 21.9 Å². The molecule has 4 nitrogen and oxygen atoms in total. The van der Waals surface area contributed by atoms with Crippen LogP contribution in [0.25, 0.3) is 0 Å². The highest BCUT2D eigenvalue weighted by atomic mass is 32.2. The van der Waals surface area contributed by atoms with Gasteiger partial charge in [0.1, 0.15) is 23.3 Å². The van der Waals surface area contributed by atoms with Crippen LogP contribution in [0.4, 0.5) is 14.5 Å². The van der Waals surface area contributed by atoms with Crippen LogP contribution in [0.5, 0.6) is 0 Å². The number of hydrogen-bond acceptors (Lipinski definition) is 4. The second-order valence-electron chi connectivity index (χ2n) is 3.72. The molecule has 0 aliphatic carbocycles. The molecule has 20 heavy (non-hydrogen) atoms. The van der Waals surface area contributed by atoms with Gasteiger partial charge in [-0.25, -0.2) is 8.78 Å². The minimum absolute atomic E-state index is 0.109. The predicted molar refractivity (Wildman–Crippen MR) is 68.3 cm³/mol. The van der Waals surface area contributed by atoms with E-state index in [1.165, 1.54) is 24.3 Å². The number of nitro groups is 1. The molecule has 0 heterocycles. The summed E-state index contributed by atoms with van der Waals surface area (Å²) in [6.45, 7) is 0.